The fourth-order valence-corrected chi connectivity index (χ4v) is 6.29. The lowest BCUT2D eigenvalue weighted by atomic mass is 9.89. The average Bonchev–Trinajstić information content (AvgIpc) is 2.87. The van der Waals surface area contributed by atoms with Crippen LogP contribution in [0.2, 0.25) is 5.02 Å². The third kappa shape index (κ3) is 7.31. The van der Waals surface area contributed by atoms with E-state index in [1.54, 1.807) is 31.3 Å². The predicted octanol–water partition coefficient (Wildman–Crippen LogP) is 6.44. The van der Waals surface area contributed by atoms with Crippen LogP contribution in [0.25, 0.3) is 0 Å². The Morgan fingerprint density at radius 3 is 2.20 bits per heavy atom. The molecule has 0 saturated carbocycles. The SMILES string of the molecule is CN(C[C@@H](CCN1CCC(c2ccccc2)CC1)c1cccc(Cl)c1)S(=O)(=O)c1ccccc1.Cl. The normalized spacial score (nSPS) is 16.1. The molecule has 188 valence electrons. The van der Waals surface area contributed by atoms with Crippen molar-refractivity contribution in [2.45, 2.75) is 36.0 Å². The van der Waals surface area contributed by atoms with Crippen LogP contribution in [0, 0.1) is 0 Å². The average molecular weight is 534 g/mol. The van der Waals surface area contributed by atoms with E-state index in [1.807, 2.05) is 24.3 Å². The van der Waals surface area contributed by atoms with E-state index in [1.165, 1.54) is 9.87 Å². The maximum absolute atomic E-state index is 13.1. The lowest BCUT2D eigenvalue weighted by Crippen LogP contribution is -2.36. The summed E-state index contributed by atoms with van der Waals surface area (Å²) < 4.78 is 27.7. The summed E-state index contributed by atoms with van der Waals surface area (Å²) in [6.45, 7) is 3.50. The summed E-state index contributed by atoms with van der Waals surface area (Å²) in [4.78, 5) is 2.84. The second-order valence-electron chi connectivity index (χ2n) is 9.17. The van der Waals surface area contributed by atoms with Crippen molar-refractivity contribution in [2.75, 3.05) is 33.2 Å². The molecule has 3 aromatic carbocycles. The molecule has 4 nitrogen and oxygen atoms in total. The largest absolute Gasteiger partial charge is 0.303 e. The lowest BCUT2D eigenvalue weighted by Gasteiger charge is -2.33. The second-order valence-corrected chi connectivity index (χ2v) is 11.6. The van der Waals surface area contributed by atoms with Gasteiger partial charge in [-0.05, 0) is 86.1 Å². The molecule has 0 amide bonds. The van der Waals surface area contributed by atoms with Crippen molar-refractivity contribution >= 4 is 34.0 Å². The van der Waals surface area contributed by atoms with Crippen LogP contribution in [-0.2, 0) is 10.0 Å². The van der Waals surface area contributed by atoms with Gasteiger partial charge in [0, 0.05) is 18.6 Å². The highest BCUT2D eigenvalue weighted by molar-refractivity contribution is 7.89. The Hall–Kier alpha value is -1.89. The van der Waals surface area contributed by atoms with Gasteiger partial charge >= 0.3 is 0 Å². The summed E-state index contributed by atoms with van der Waals surface area (Å²) in [5, 5.41) is 0.680. The quantitative estimate of drug-likeness (QED) is 0.318. The molecule has 1 heterocycles. The Bertz CT molecular complexity index is 1150. The summed E-state index contributed by atoms with van der Waals surface area (Å²) in [7, 11) is -1.87. The van der Waals surface area contributed by atoms with E-state index >= 15 is 0 Å². The third-order valence-electron chi connectivity index (χ3n) is 6.90. The molecule has 0 bridgehead atoms. The van der Waals surface area contributed by atoms with E-state index in [2.05, 4.69) is 41.3 Å². The van der Waals surface area contributed by atoms with Gasteiger partial charge in [-0.3, -0.25) is 0 Å². The van der Waals surface area contributed by atoms with E-state index in [0.717, 1.165) is 44.5 Å². The molecule has 0 aromatic heterocycles. The molecular weight excluding hydrogens is 499 g/mol. The van der Waals surface area contributed by atoms with Crippen molar-refractivity contribution in [3.05, 3.63) is 101 Å². The van der Waals surface area contributed by atoms with Gasteiger partial charge in [0.25, 0.3) is 0 Å². The van der Waals surface area contributed by atoms with E-state index in [9.17, 15) is 8.42 Å². The van der Waals surface area contributed by atoms with Gasteiger partial charge < -0.3 is 4.90 Å². The monoisotopic (exact) mass is 532 g/mol. The molecule has 1 aliphatic heterocycles. The maximum atomic E-state index is 13.1. The Morgan fingerprint density at radius 2 is 1.57 bits per heavy atom. The molecule has 1 atom stereocenters. The molecule has 0 radical (unpaired) electrons. The minimum absolute atomic E-state index is 0. The minimum atomic E-state index is -3.55. The molecular formula is C28H34Cl2N2O2S. The molecule has 0 spiro atoms. The third-order valence-corrected chi connectivity index (χ3v) is 8.97. The van der Waals surface area contributed by atoms with Gasteiger partial charge in [0.05, 0.1) is 4.90 Å². The number of halogens is 2. The van der Waals surface area contributed by atoms with Crippen LogP contribution in [0.5, 0.6) is 0 Å². The number of piperidine rings is 1. The first-order valence-electron chi connectivity index (χ1n) is 12.0. The zero-order chi connectivity index (χ0) is 24.0. The van der Waals surface area contributed by atoms with Gasteiger partial charge in [-0.25, -0.2) is 12.7 Å². The number of likely N-dealkylation sites (tertiary alicyclic amines) is 1. The van der Waals surface area contributed by atoms with Crippen LogP contribution in [0.3, 0.4) is 0 Å². The molecule has 3 aromatic rings. The second kappa shape index (κ2) is 12.9. The van der Waals surface area contributed by atoms with Gasteiger partial charge in [-0.2, -0.15) is 0 Å². The van der Waals surface area contributed by atoms with Crippen molar-refractivity contribution in [3.63, 3.8) is 0 Å². The summed E-state index contributed by atoms with van der Waals surface area (Å²) in [6.07, 6.45) is 3.20. The Kier molecular flexibility index (Phi) is 10.2. The maximum Gasteiger partial charge on any atom is 0.242 e. The van der Waals surface area contributed by atoms with Crippen LogP contribution < -0.4 is 0 Å². The highest BCUT2D eigenvalue weighted by Gasteiger charge is 2.26. The number of sulfonamides is 1. The van der Waals surface area contributed by atoms with Gasteiger partial charge in [0.2, 0.25) is 10.0 Å². The van der Waals surface area contributed by atoms with Crippen molar-refractivity contribution in [3.8, 4) is 0 Å². The molecule has 0 N–H and O–H groups in total. The van der Waals surface area contributed by atoms with Crippen LogP contribution >= 0.6 is 24.0 Å². The highest BCUT2D eigenvalue weighted by Crippen LogP contribution is 2.30. The zero-order valence-corrected chi connectivity index (χ0v) is 22.5. The van der Waals surface area contributed by atoms with Crippen molar-refractivity contribution < 1.29 is 8.42 Å². The van der Waals surface area contributed by atoms with Gasteiger partial charge in [-0.15, -0.1) is 12.4 Å². The summed E-state index contributed by atoms with van der Waals surface area (Å²) in [5.41, 5.74) is 2.52. The summed E-state index contributed by atoms with van der Waals surface area (Å²) in [5.74, 6) is 0.692. The molecule has 0 unspecified atom stereocenters. The number of rotatable bonds is 9. The van der Waals surface area contributed by atoms with E-state index in [-0.39, 0.29) is 18.3 Å². The summed E-state index contributed by atoms with van der Waals surface area (Å²) >= 11 is 6.29. The predicted molar refractivity (Wildman–Crippen MR) is 147 cm³/mol. The van der Waals surface area contributed by atoms with Gasteiger partial charge in [0.1, 0.15) is 0 Å². The van der Waals surface area contributed by atoms with Crippen LogP contribution in [-0.4, -0.2) is 50.8 Å². The van der Waals surface area contributed by atoms with E-state index in [4.69, 9.17) is 11.6 Å². The number of benzene rings is 3. The first-order valence-corrected chi connectivity index (χ1v) is 13.8. The fraction of sp³-hybridized carbons (Fsp3) is 0.357. The number of hydrogen-bond acceptors (Lipinski definition) is 3. The molecule has 0 aliphatic carbocycles. The van der Waals surface area contributed by atoms with E-state index in [0.29, 0.717) is 22.4 Å². The first-order chi connectivity index (χ1) is 16.4. The number of hydrogen-bond donors (Lipinski definition) is 0. The standard InChI is InChI=1S/C28H33ClN2O2S.ClH/c1-30(34(32,33)28-13-6-3-7-14-28)22-26(25-11-8-12-27(29)21-25)17-20-31-18-15-24(16-19-31)23-9-4-2-5-10-23;/h2-14,21,24,26H,15-20,22H2,1H3;1H/t26-;/m1./s1. The molecule has 1 aliphatic rings. The summed E-state index contributed by atoms with van der Waals surface area (Å²) in [6, 6.07) is 27.3. The lowest BCUT2D eigenvalue weighted by molar-refractivity contribution is 0.203. The van der Waals surface area contributed by atoms with Crippen molar-refractivity contribution in [1.82, 2.24) is 9.21 Å². The zero-order valence-electron chi connectivity index (χ0n) is 20.1. The van der Waals surface area contributed by atoms with Gasteiger partial charge in [0.15, 0.2) is 0 Å². The van der Waals surface area contributed by atoms with Crippen LogP contribution in [0.15, 0.2) is 89.8 Å². The molecule has 7 heteroatoms. The molecule has 1 fully saturated rings. The topological polar surface area (TPSA) is 40.6 Å². The Labute approximate surface area is 221 Å². The minimum Gasteiger partial charge on any atom is -0.303 e. The Morgan fingerprint density at radius 1 is 0.943 bits per heavy atom. The Balaban J connectivity index is 0.00000342. The molecule has 4 rings (SSSR count). The molecule has 35 heavy (non-hydrogen) atoms. The highest BCUT2D eigenvalue weighted by atomic mass is 35.5. The van der Waals surface area contributed by atoms with Crippen LogP contribution in [0.1, 0.15) is 42.2 Å². The first kappa shape index (κ1) is 27.7. The van der Waals surface area contributed by atoms with Crippen molar-refractivity contribution in [2.24, 2.45) is 0 Å². The smallest absolute Gasteiger partial charge is 0.242 e. The van der Waals surface area contributed by atoms with Crippen LogP contribution in [0.4, 0.5) is 0 Å². The fourth-order valence-electron chi connectivity index (χ4n) is 4.86. The van der Waals surface area contributed by atoms with Gasteiger partial charge in [-0.1, -0.05) is 72.3 Å². The number of likely N-dealkylation sites (N-methyl/N-ethyl adjacent to an activating group) is 1. The number of nitrogens with zero attached hydrogens (tertiary/aromatic N) is 2. The van der Waals surface area contributed by atoms with E-state index < -0.39 is 10.0 Å². The molecule has 1 saturated heterocycles. The van der Waals surface area contributed by atoms with Crippen molar-refractivity contribution in [1.29, 1.82) is 0 Å².